The smallest absolute Gasteiger partial charge is 0.128 e. The second kappa shape index (κ2) is 6.69. The van der Waals surface area contributed by atoms with Crippen LogP contribution in [0.1, 0.15) is 48.3 Å². The molecule has 140 valence electrons. The van der Waals surface area contributed by atoms with Gasteiger partial charge >= 0.3 is 0 Å². The number of nitrogens with zero attached hydrogens (tertiary/aromatic N) is 5. The number of aromatic nitrogens is 3. The number of pyridine rings is 1. The highest BCUT2D eigenvalue weighted by Gasteiger charge is 2.43. The van der Waals surface area contributed by atoms with E-state index in [1.165, 1.54) is 49.2 Å². The fourth-order valence-corrected chi connectivity index (χ4v) is 4.90. The van der Waals surface area contributed by atoms with E-state index in [1.54, 1.807) is 0 Å². The van der Waals surface area contributed by atoms with Gasteiger partial charge in [0.15, 0.2) is 0 Å². The van der Waals surface area contributed by atoms with Crippen molar-refractivity contribution >= 4 is 5.82 Å². The molecule has 5 heteroatoms. The lowest BCUT2D eigenvalue weighted by Gasteiger charge is -2.45. The van der Waals surface area contributed by atoms with E-state index in [4.69, 9.17) is 4.98 Å². The summed E-state index contributed by atoms with van der Waals surface area (Å²) < 4.78 is 2.03. The van der Waals surface area contributed by atoms with Crippen molar-refractivity contribution in [3.05, 3.63) is 40.8 Å². The summed E-state index contributed by atoms with van der Waals surface area (Å²) in [6.07, 6.45) is 5.13. The summed E-state index contributed by atoms with van der Waals surface area (Å²) >= 11 is 0. The Morgan fingerprint density at radius 1 is 1.04 bits per heavy atom. The van der Waals surface area contributed by atoms with E-state index >= 15 is 0 Å². The molecule has 4 heterocycles. The van der Waals surface area contributed by atoms with Crippen LogP contribution in [-0.4, -0.2) is 44.8 Å². The highest BCUT2D eigenvalue weighted by molar-refractivity contribution is 5.40. The summed E-state index contributed by atoms with van der Waals surface area (Å²) in [6, 6.07) is 6.35. The van der Waals surface area contributed by atoms with Crippen molar-refractivity contribution < 1.29 is 0 Å². The van der Waals surface area contributed by atoms with E-state index in [1.807, 2.05) is 4.68 Å². The third-order valence-corrected chi connectivity index (χ3v) is 6.64. The van der Waals surface area contributed by atoms with E-state index in [9.17, 15) is 0 Å². The van der Waals surface area contributed by atoms with Crippen molar-refractivity contribution in [3.8, 4) is 0 Å². The lowest BCUT2D eigenvalue weighted by molar-refractivity contribution is 0.0992. The van der Waals surface area contributed by atoms with Crippen molar-refractivity contribution in [1.82, 2.24) is 19.7 Å². The molecular weight excluding hydrogens is 322 g/mol. The fraction of sp³-hybridized carbons (Fsp3) is 0.619. The molecular formula is C21H31N5. The predicted molar refractivity (Wildman–Crippen MR) is 105 cm³/mol. The molecule has 26 heavy (non-hydrogen) atoms. The largest absolute Gasteiger partial charge is 0.356 e. The van der Waals surface area contributed by atoms with E-state index in [-0.39, 0.29) is 0 Å². The molecule has 4 rings (SSSR count). The highest BCUT2D eigenvalue weighted by Crippen LogP contribution is 2.40. The molecule has 0 bridgehead atoms. The Morgan fingerprint density at radius 2 is 1.81 bits per heavy atom. The molecule has 2 saturated heterocycles. The molecule has 2 aliphatic rings. The van der Waals surface area contributed by atoms with Crippen LogP contribution < -0.4 is 4.90 Å². The summed E-state index contributed by atoms with van der Waals surface area (Å²) in [5, 5.41) is 4.62. The number of hydrogen-bond acceptors (Lipinski definition) is 4. The van der Waals surface area contributed by atoms with E-state index in [0.29, 0.717) is 5.54 Å². The van der Waals surface area contributed by atoms with Crippen LogP contribution in [0, 0.1) is 20.8 Å². The minimum atomic E-state index is 0.370. The average Bonchev–Trinajstić information content (AvgIpc) is 3.11. The molecule has 0 unspecified atom stereocenters. The SMILES string of the molecule is Cc1cccc(N2CCC3(CCCN3Cc3c(C)nn(C)c3C)CC2)n1. The molecule has 2 aromatic rings. The number of anilines is 1. The lowest BCUT2D eigenvalue weighted by atomic mass is 9.84. The minimum Gasteiger partial charge on any atom is -0.356 e. The third kappa shape index (κ3) is 3.02. The summed E-state index contributed by atoms with van der Waals surface area (Å²) in [5.74, 6) is 1.14. The van der Waals surface area contributed by atoms with Crippen LogP contribution in [0.2, 0.25) is 0 Å². The van der Waals surface area contributed by atoms with Gasteiger partial charge in [-0.2, -0.15) is 5.10 Å². The van der Waals surface area contributed by atoms with Gasteiger partial charge in [0.25, 0.3) is 0 Å². The molecule has 0 saturated carbocycles. The van der Waals surface area contributed by atoms with Crippen LogP contribution in [-0.2, 0) is 13.6 Å². The fourth-order valence-electron chi connectivity index (χ4n) is 4.90. The Bertz CT molecular complexity index is 786. The molecule has 2 aromatic heterocycles. The maximum atomic E-state index is 4.73. The zero-order valence-corrected chi connectivity index (χ0v) is 16.6. The van der Waals surface area contributed by atoms with Crippen molar-refractivity contribution in [3.63, 3.8) is 0 Å². The Morgan fingerprint density at radius 3 is 2.46 bits per heavy atom. The number of hydrogen-bond donors (Lipinski definition) is 0. The first-order valence-corrected chi connectivity index (χ1v) is 9.91. The Labute approximate surface area is 157 Å². The zero-order valence-electron chi connectivity index (χ0n) is 16.6. The van der Waals surface area contributed by atoms with E-state index < -0.39 is 0 Å². The molecule has 5 nitrogen and oxygen atoms in total. The van der Waals surface area contributed by atoms with Crippen molar-refractivity contribution in [2.24, 2.45) is 7.05 Å². The zero-order chi connectivity index (χ0) is 18.3. The number of piperidine rings is 1. The standard InChI is InChI=1S/C21H31N5/c1-16-7-5-8-20(22-16)25-13-10-21(11-14-25)9-6-12-26(21)15-19-17(2)23-24(4)18(19)3/h5,7-8H,6,9-15H2,1-4H3. The van der Waals surface area contributed by atoms with Gasteiger partial charge in [0.2, 0.25) is 0 Å². The van der Waals surface area contributed by atoms with Gasteiger partial charge in [-0.05, 0) is 65.1 Å². The summed E-state index contributed by atoms with van der Waals surface area (Å²) in [6.45, 7) is 10.9. The first kappa shape index (κ1) is 17.5. The number of aryl methyl sites for hydroxylation is 3. The number of rotatable bonds is 3. The van der Waals surface area contributed by atoms with Gasteiger partial charge in [-0.25, -0.2) is 4.98 Å². The van der Waals surface area contributed by atoms with Gasteiger partial charge in [-0.15, -0.1) is 0 Å². The second-order valence-electron chi connectivity index (χ2n) is 8.15. The molecule has 0 radical (unpaired) electrons. The van der Waals surface area contributed by atoms with Crippen LogP contribution in [0.25, 0.3) is 0 Å². The molecule has 0 aliphatic carbocycles. The first-order chi connectivity index (χ1) is 12.5. The van der Waals surface area contributed by atoms with Gasteiger partial charge in [0.05, 0.1) is 5.69 Å². The second-order valence-corrected chi connectivity index (χ2v) is 8.15. The van der Waals surface area contributed by atoms with Crippen LogP contribution in [0.3, 0.4) is 0 Å². The van der Waals surface area contributed by atoms with Gasteiger partial charge in [-0.1, -0.05) is 6.07 Å². The van der Waals surface area contributed by atoms with E-state index in [0.717, 1.165) is 31.1 Å². The molecule has 1 spiro atoms. The molecule has 0 N–H and O–H groups in total. The van der Waals surface area contributed by atoms with E-state index in [2.05, 4.69) is 60.9 Å². The highest BCUT2D eigenvalue weighted by atomic mass is 15.3. The maximum absolute atomic E-state index is 4.73. The molecule has 0 amide bonds. The quantitative estimate of drug-likeness (QED) is 0.848. The van der Waals surface area contributed by atoms with Crippen molar-refractivity contribution in [1.29, 1.82) is 0 Å². The van der Waals surface area contributed by atoms with Crippen LogP contribution in [0.5, 0.6) is 0 Å². The average molecular weight is 354 g/mol. The van der Waals surface area contributed by atoms with Crippen LogP contribution in [0.15, 0.2) is 18.2 Å². The molecule has 0 aromatic carbocycles. The van der Waals surface area contributed by atoms with Gasteiger partial charge in [0.1, 0.15) is 5.82 Å². The predicted octanol–water partition coefficient (Wildman–Crippen LogP) is 3.38. The van der Waals surface area contributed by atoms with Gasteiger partial charge in [0, 0.05) is 49.2 Å². The Kier molecular flexibility index (Phi) is 4.51. The first-order valence-electron chi connectivity index (χ1n) is 9.91. The molecule has 2 aliphatic heterocycles. The molecule has 0 atom stereocenters. The molecule has 2 fully saturated rings. The lowest BCUT2D eigenvalue weighted by Crippen LogP contribution is -2.52. The topological polar surface area (TPSA) is 37.2 Å². The summed E-state index contributed by atoms with van der Waals surface area (Å²) in [4.78, 5) is 9.95. The Hall–Kier alpha value is -1.88. The summed E-state index contributed by atoms with van der Waals surface area (Å²) in [5.41, 5.74) is 5.40. The minimum absolute atomic E-state index is 0.370. The Balaban J connectivity index is 1.48. The normalized spacial score (nSPS) is 20.2. The van der Waals surface area contributed by atoms with Crippen molar-refractivity contribution in [2.45, 2.75) is 58.5 Å². The van der Waals surface area contributed by atoms with Gasteiger partial charge < -0.3 is 4.90 Å². The number of likely N-dealkylation sites (tertiary alicyclic amines) is 1. The summed E-state index contributed by atoms with van der Waals surface area (Å²) in [7, 11) is 2.05. The maximum Gasteiger partial charge on any atom is 0.128 e. The van der Waals surface area contributed by atoms with Gasteiger partial charge in [-0.3, -0.25) is 9.58 Å². The van der Waals surface area contributed by atoms with Crippen LogP contribution in [0.4, 0.5) is 5.82 Å². The van der Waals surface area contributed by atoms with Crippen molar-refractivity contribution in [2.75, 3.05) is 24.5 Å². The monoisotopic (exact) mass is 353 g/mol. The third-order valence-electron chi connectivity index (χ3n) is 6.64. The van der Waals surface area contributed by atoms with Crippen LogP contribution >= 0.6 is 0 Å².